The smallest absolute Gasteiger partial charge is 0.354 e. The molecule has 19 heavy (non-hydrogen) atoms. The molecule has 0 amide bonds. The molecule has 0 aliphatic heterocycles. The number of aromatic nitrogens is 1. The molecule has 2 rings (SSSR count). The molecule has 0 aliphatic rings. The third-order valence-electron chi connectivity index (χ3n) is 2.41. The van der Waals surface area contributed by atoms with Gasteiger partial charge < -0.3 is 5.11 Å². The monoisotopic (exact) mass is 295 g/mol. The van der Waals surface area contributed by atoms with Gasteiger partial charge in [0.1, 0.15) is 5.69 Å². The van der Waals surface area contributed by atoms with E-state index in [0.717, 1.165) is 5.56 Å². The summed E-state index contributed by atoms with van der Waals surface area (Å²) in [6.07, 6.45) is 1.32. The molecule has 1 aromatic heterocycles. The number of carboxylic acids is 1. The second-order valence-corrected chi connectivity index (χ2v) is 5.69. The van der Waals surface area contributed by atoms with E-state index in [1.807, 2.05) is 6.07 Å². The fraction of sp³-hybridized carbons (Fsp3) is 0.0769. The molecule has 0 saturated heterocycles. The van der Waals surface area contributed by atoms with Gasteiger partial charge in [0, 0.05) is 11.2 Å². The number of carbonyl (C=O) groups is 1. The van der Waals surface area contributed by atoms with E-state index in [4.69, 9.17) is 16.7 Å². The first-order chi connectivity index (χ1) is 9.06. The van der Waals surface area contributed by atoms with Crippen molar-refractivity contribution in [2.45, 2.75) is 10.6 Å². The highest BCUT2D eigenvalue weighted by molar-refractivity contribution is 7.84. The SMILES string of the molecule is O=C(O)c1ccc([S@](=O)Cc2cccc(Cl)c2)cn1. The Bertz CT molecular complexity index is 628. The lowest BCUT2D eigenvalue weighted by Crippen LogP contribution is -2.02. The fourth-order valence-corrected chi connectivity index (χ4v) is 2.75. The van der Waals surface area contributed by atoms with Crippen LogP contribution in [0.1, 0.15) is 16.1 Å². The summed E-state index contributed by atoms with van der Waals surface area (Å²) in [5, 5.41) is 9.32. The second kappa shape index (κ2) is 5.95. The van der Waals surface area contributed by atoms with E-state index in [1.54, 1.807) is 18.2 Å². The number of rotatable bonds is 4. The van der Waals surface area contributed by atoms with Gasteiger partial charge in [0.05, 0.1) is 21.4 Å². The Balaban J connectivity index is 2.14. The van der Waals surface area contributed by atoms with Gasteiger partial charge in [-0.25, -0.2) is 9.78 Å². The Morgan fingerprint density at radius 2 is 2.11 bits per heavy atom. The molecule has 0 radical (unpaired) electrons. The van der Waals surface area contributed by atoms with Crippen LogP contribution in [0.2, 0.25) is 5.02 Å². The van der Waals surface area contributed by atoms with Gasteiger partial charge >= 0.3 is 5.97 Å². The van der Waals surface area contributed by atoms with E-state index in [1.165, 1.54) is 18.3 Å². The van der Waals surface area contributed by atoms with Crippen molar-refractivity contribution in [1.29, 1.82) is 0 Å². The summed E-state index contributed by atoms with van der Waals surface area (Å²) in [5.74, 6) is -0.790. The number of hydrogen-bond acceptors (Lipinski definition) is 3. The van der Waals surface area contributed by atoms with Crippen LogP contribution in [0.5, 0.6) is 0 Å². The molecule has 0 saturated carbocycles. The molecule has 0 bridgehead atoms. The Kier molecular flexibility index (Phi) is 4.29. The van der Waals surface area contributed by atoms with Crippen molar-refractivity contribution in [3.63, 3.8) is 0 Å². The van der Waals surface area contributed by atoms with E-state index in [2.05, 4.69) is 4.98 Å². The number of nitrogens with zero attached hydrogens (tertiary/aromatic N) is 1. The maximum Gasteiger partial charge on any atom is 0.354 e. The van der Waals surface area contributed by atoms with Crippen LogP contribution < -0.4 is 0 Å². The third-order valence-corrected chi connectivity index (χ3v) is 4.00. The lowest BCUT2D eigenvalue weighted by atomic mass is 10.2. The highest BCUT2D eigenvalue weighted by atomic mass is 35.5. The average molecular weight is 296 g/mol. The normalized spacial score (nSPS) is 12.1. The molecule has 4 nitrogen and oxygen atoms in total. The van der Waals surface area contributed by atoms with Gasteiger partial charge in [-0.05, 0) is 29.8 Å². The predicted octanol–water partition coefficient (Wildman–Crippen LogP) is 2.74. The minimum atomic E-state index is -1.28. The summed E-state index contributed by atoms with van der Waals surface area (Å²) in [5.41, 5.74) is 0.789. The molecule has 0 unspecified atom stereocenters. The molecule has 0 fully saturated rings. The van der Waals surface area contributed by atoms with Crippen LogP contribution >= 0.6 is 11.6 Å². The Morgan fingerprint density at radius 1 is 1.32 bits per heavy atom. The van der Waals surface area contributed by atoms with Crippen LogP contribution in [0.15, 0.2) is 47.5 Å². The number of pyridine rings is 1. The van der Waals surface area contributed by atoms with E-state index < -0.39 is 16.8 Å². The predicted molar refractivity (Wildman–Crippen MR) is 72.8 cm³/mol. The summed E-state index contributed by atoms with van der Waals surface area (Å²) >= 11 is 5.85. The molecule has 1 heterocycles. The standard InChI is InChI=1S/C13H10ClNO3S/c14-10-3-1-2-9(6-10)8-19(18)11-4-5-12(13(16)17)15-7-11/h1-7H,8H2,(H,16,17)/t19-/m1/s1. The zero-order valence-corrected chi connectivity index (χ0v) is 11.3. The van der Waals surface area contributed by atoms with Crippen molar-refractivity contribution in [3.05, 3.63) is 58.9 Å². The Hall–Kier alpha value is -1.72. The van der Waals surface area contributed by atoms with Crippen molar-refractivity contribution in [2.24, 2.45) is 0 Å². The number of halogens is 1. The maximum absolute atomic E-state index is 12.1. The molecular formula is C13H10ClNO3S. The number of benzene rings is 1. The minimum Gasteiger partial charge on any atom is -0.477 e. The largest absolute Gasteiger partial charge is 0.477 e. The van der Waals surface area contributed by atoms with Crippen LogP contribution in [0, 0.1) is 0 Å². The van der Waals surface area contributed by atoms with Gasteiger partial charge in [-0.3, -0.25) is 4.21 Å². The topological polar surface area (TPSA) is 67.3 Å². The summed E-state index contributed by atoms with van der Waals surface area (Å²) in [4.78, 5) is 14.9. The van der Waals surface area contributed by atoms with Gasteiger partial charge in [0.2, 0.25) is 0 Å². The van der Waals surface area contributed by atoms with Crippen LogP contribution in [0.4, 0.5) is 0 Å². The second-order valence-electron chi connectivity index (χ2n) is 3.80. The quantitative estimate of drug-likeness (QED) is 0.942. The zero-order chi connectivity index (χ0) is 13.8. The minimum absolute atomic E-state index is 0.0662. The number of hydrogen-bond donors (Lipinski definition) is 1. The van der Waals surface area contributed by atoms with Crippen LogP contribution in [0.3, 0.4) is 0 Å². The molecule has 0 spiro atoms. The summed E-state index contributed by atoms with van der Waals surface area (Å²) in [6, 6.07) is 9.98. The Morgan fingerprint density at radius 3 is 2.68 bits per heavy atom. The van der Waals surface area contributed by atoms with Gasteiger partial charge in [-0.2, -0.15) is 0 Å². The van der Waals surface area contributed by atoms with E-state index in [0.29, 0.717) is 15.7 Å². The molecule has 1 atom stereocenters. The summed E-state index contributed by atoms with van der Waals surface area (Å²) in [7, 11) is -1.28. The molecular weight excluding hydrogens is 286 g/mol. The number of carboxylic acid groups (broad SMARTS) is 1. The van der Waals surface area contributed by atoms with Crippen LogP contribution in [-0.2, 0) is 16.6 Å². The number of aromatic carboxylic acids is 1. The highest BCUT2D eigenvalue weighted by Crippen LogP contribution is 2.15. The van der Waals surface area contributed by atoms with Crippen molar-refractivity contribution in [2.75, 3.05) is 0 Å². The lowest BCUT2D eigenvalue weighted by molar-refractivity contribution is 0.0690. The first-order valence-corrected chi connectivity index (χ1v) is 7.08. The molecule has 2 aromatic rings. The van der Waals surface area contributed by atoms with E-state index >= 15 is 0 Å². The maximum atomic E-state index is 12.1. The van der Waals surface area contributed by atoms with Crippen molar-refractivity contribution < 1.29 is 14.1 Å². The van der Waals surface area contributed by atoms with Gasteiger partial charge in [0.15, 0.2) is 0 Å². The third kappa shape index (κ3) is 3.62. The van der Waals surface area contributed by atoms with E-state index in [9.17, 15) is 9.00 Å². The van der Waals surface area contributed by atoms with Crippen molar-refractivity contribution in [1.82, 2.24) is 4.98 Å². The fourth-order valence-electron chi connectivity index (χ4n) is 1.50. The van der Waals surface area contributed by atoms with Gasteiger partial charge in [-0.1, -0.05) is 23.7 Å². The zero-order valence-electron chi connectivity index (χ0n) is 9.75. The summed E-state index contributed by atoms with van der Waals surface area (Å²) < 4.78 is 12.1. The molecule has 0 aliphatic carbocycles. The summed E-state index contributed by atoms with van der Waals surface area (Å²) in [6.45, 7) is 0. The molecule has 6 heteroatoms. The Labute approximate surface area is 117 Å². The average Bonchev–Trinajstić information content (AvgIpc) is 2.39. The van der Waals surface area contributed by atoms with Crippen LogP contribution in [0.25, 0.3) is 0 Å². The van der Waals surface area contributed by atoms with Gasteiger partial charge in [0.25, 0.3) is 0 Å². The molecule has 98 valence electrons. The molecule has 1 N–H and O–H groups in total. The van der Waals surface area contributed by atoms with Crippen molar-refractivity contribution in [3.8, 4) is 0 Å². The first-order valence-electron chi connectivity index (χ1n) is 5.38. The van der Waals surface area contributed by atoms with Gasteiger partial charge in [-0.15, -0.1) is 0 Å². The van der Waals surface area contributed by atoms with Crippen molar-refractivity contribution >= 4 is 28.4 Å². The van der Waals surface area contributed by atoms with Crippen LogP contribution in [-0.4, -0.2) is 20.3 Å². The lowest BCUT2D eigenvalue weighted by Gasteiger charge is -2.03. The highest BCUT2D eigenvalue weighted by Gasteiger charge is 2.09. The van der Waals surface area contributed by atoms with E-state index in [-0.39, 0.29) is 5.69 Å². The first kappa shape index (κ1) is 13.7. The molecule has 1 aromatic carbocycles.